The van der Waals surface area contributed by atoms with Gasteiger partial charge < -0.3 is 14.4 Å². The van der Waals surface area contributed by atoms with Crippen molar-refractivity contribution < 1.29 is 19.1 Å². The van der Waals surface area contributed by atoms with Crippen LogP contribution in [0.3, 0.4) is 0 Å². The molecule has 16 heavy (non-hydrogen) atoms. The molecule has 0 saturated carbocycles. The van der Waals surface area contributed by atoms with E-state index in [0.717, 1.165) is 12.8 Å². The maximum atomic E-state index is 11.2. The van der Waals surface area contributed by atoms with Gasteiger partial charge in [-0.2, -0.15) is 0 Å². The lowest BCUT2D eigenvalue weighted by atomic mass is 10.2. The van der Waals surface area contributed by atoms with Crippen molar-refractivity contribution in [2.45, 2.75) is 44.9 Å². The van der Waals surface area contributed by atoms with Crippen LogP contribution in [0.5, 0.6) is 0 Å². The Morgan fingerprint density at radius 1 is 1.62 bits per heavy atom. The van der Waals surface area contributed by atoms with Gasteiger partial charge in [0.2, 0.25) is 5.91 Å². The van der Waals surface area contributed by atoms with Crippen molar-refractivity contribution in [3.63, 3.8) is 0 Å². The molecule has 0 aromatic carbocycles. The number of amides is 1. The number of esters is 1. The summed E-state index contributed by atoms with van der Waals surface area (Å²) in [5, 5.41) is 0. The largest absolute Gasteiger partial charge is 0.463 e. The van der Waals surface area contributed by atoms with E-state index in [-0.39, 0.29) is 30.8 Å². The van der Waals surface area contributed by atoms with Gasteiger partial charge in [-0.15, -0.1) is 0 Å². The molecule has 2 fully saturated rings. The van der Waals surface area contributed by atoms with Crippen LogP contribution in [-0.2, 0) is 19.1 Å². The third kappa shape index (κ3) is 2.35. The second kappa shape index (κ2) is 4.82. The minimum atomic E-state index is -0.175. The van der Waals surface area contributed by atoms with Crippen LogP contribution in [0, 0.1) is 0 Å². The first-order valence-corrected chi connectivity index (χ1v) is 5.81. The number of carbonyl (C=O) groups is 2. The molecule has 2 saturated heterocycles. The van der Waals surface area contributed by atoms with Crippen LogP contribution < -0.4 is 0 Å². The van der Waals surface area contributed by atoms with Gasteiger partial charge in [0.15, 0.2) is 0 Å². The van der Waals surface area contributed by atoms with Crippen LogP contribution in [0.2, 0.25) is 0 Å². The zero-order chi connectivity index (χ0) is 11.5. The van der Waals surface area contributed by atoms with E-state index in [1.54, 1.807) is 4.90 Å². The molecular formula is C11H17NO4. The van der Waals surface area contributed by atoms with Gasteiger partial charge in [-0.3, -0.25) is 9.59 Å². The number of rotatable bonds is 5. The first-order chi connectivity index (χ1) is 7.70. The highest BCUT2D eigenvalue weighted by Crippen LogP contribution is 2.28. The van der Waals surface area contributed by atoms with Crippen molar-refractivity contribution in [3.05, 3.63) is 0 Å². The summed E-state index contributed by atoms with van der Waals surface area (Å²) in [6.45, 7) is 2.86. The number of ether oxygens (including phenoxy) is 2. The average molecular weight is 227 g/mol. The molecule has 90 valence electrons. The van der Waals surface area contributed by atoms with Gasteiger partial charge in [0, 0.05) is 6.42 Å². The molecule has 5 nitrogen and oxygen atoms in total. The fourth-order valence-electron chi connectivity index (χ4n) is 1.92. The molecule has 0 aliphatic carbocycles. The van der Waals surface area contributed by atoms with E-state index in [2.05, 4.69) is 0 Å². The Labute approximate surface area is 94.7 Å². The fraction of sp³-hybridized carbons (Fsp3) is 0.818. The predicted octanol–water partition coefficient (Wildman–Crippen LogP) is 0.677. The minimum Gasteiger partial charge on any atom is -0.463 e. The smallest absolute Gasteiger partial charge is 0.305 e. The zero-order valence-corrected chi connectivity index (χ0v) is 9.48. The topological polar surface area (TPSA) is 55.8 Å². The molecule has 2 atom stereocenters. The normalized spacial score (nSPS) is 27.6. The van der Waals surface area contributed by atoms with Gasteiger partial charge in [0.05, 0.1) is 13.0 Å². The molecule has 0 spiro atoms. The Bertz CT molecular complexity index is 292. The maximum Gasteiger partial charge on any atom is 0.305 e. The number of hydrogen-bond donors (Lipinski definition) is 0. The van der Waals surface area contributed by atoms with E-state index in [0.29, 0.717) is 19.4 Å². The summed E-state index contributed by atoms with van der Waals surface area (Å²) in [6.07, 6.45) is 2.58. The van der Waals surface area contributed by atoms with Gasteiger partial charge in [0.25, 0.3) is 0 Å². The molecule has 0 aromatic rings. The molecule has 0 radical (unpaired) electrons. The Morgan fingerprint density at radius 2 is 2.44 bits per heavy atom. The molecule has 5 heteroatoms. The molecule has 0 aromatic heterocycles. The van der Waals surface area contributed by atoms with E-state index in [4.69, 9.17) is 9.47 Å². The highest BCUT2D eigenvalue weighted by Gasteiger charge is 2.45. The van der Waals surface area contributed by atoms with Crippen molar-refractivity contribution in [2.75, 3.05) is 13.2 Å². The fourth-order valence-corrected chi connectivity index (χ4v) is 1.92. The number of hydrogen-bond acceptors (Lipinski definition) is 4. The maximum absolute atomic E-state index is 11.2. The van der Waals surface area contributed by atoms with E-state index in [1.165, 1.54) is 0 Å². The number of nitrogens with zero attached hydrogens (tertiary/aromatic N) is 1. The Hall–Kier alpha value is -1.10. The van der Waals surface area contributed by atoms with Gasteiger partial charge >= 0.3 is 5.97 Å². The lowest BCUT2D eigenvalue weighted by Crippen LogP contribution is -2.48. The lowest BCUT2D eigenvalue weighted by Gasteiger charge is -2.31. The Morgan fingerprint density at radius 3 is 3.06 bits per heavy atom. The summed E-state index contributed by atoms with van der Waals surface area (Å²) in [6, 6.07) is 0. The van der Waals surface area contributed by atoms with Crippen LogP contribution >= 0.6 is 0 Å². The van der Waals surface area contributed by atoms with E-state index in [1.807, 2.05) is 6.92 Å². The van der Waals surface area contributed by atoms with Crippen LogP contribution in [0.1, 0.15) is 32.6 Å². The zero-order valence-electron chi connectivity index (χ0n) is 9.48. The van der Waals surface area contributed by atoms with Crippen molar-refractivity contribution in [2.24, 2.45) is 0 Å². The average Bonchev–Trinajstić information content (AvgIpc) is 2.60. The second-order valence-electron chi connectivity index (χ2n) is 4.25. The van der Waals surface area contributed by atoms with E-state index in [9.17, 15) is 9.59 Å². The first kappa shape index (κ1) is 11.4. The second-order valence-corrected chi connectivity index (χ2v) is 4.25. The molecule has 2 heterocycles. The summed E-state index contributed by atoms with van der Waals surface area (Å²) in [7, 11) is 0. The lowest BCUT2D eigenvalue weighted by molar-refractivity contribution is -0.159. The Balaban J connectivity index is 1.64. The van der Waals surface area contributed by atoms with Crippen LogP contribution in [0.4, 0.5) is 0 Å². The number of unbranched alkanes of at least 4 members (excludes halogenated alkanes) is 1. The summed E-state index contributed by atoms with van der Waals surface area (Å²) >= 11 is 0. The summed E-state index contributed by atoms with van der Waals surface area (Å²) in [5.74, 6) is -0.0455. The predicted molar refractivity (Wildman–Crippen MR) is 55.5 cm³/mol. The quantitative estimate of drug-likeness (QED) is 0.512. The minimum absolute atomic E-state index is 0.0631. The third-order valence-corrected chi connectivity index (χ3v) is 2.93. The summed E-state index contributed by atoms with van der Waals surface area (Å²) in [5.41, 5.74) is 0. The molecule has 0 N–H and O–H groups in total. The van der Waals surface area contributed by atoms with Crippen LogP contribution in [0.15, 0.2) is 0 Å². The third-order valence-electron chi connectivity index (χ3n) is 2.93. The molecule has 1 amide bonds. The molecule has 2 aliphatic heterocycles. The Kier molecular flexibility index (Phi) is 3.43. The highest BCUT2D eigenvalue weighted by atomic mass is 16.6. The number of β-lactam (4-membered cyclic amide) rings is 1. The summed E-state index contributed by atoms with van der Waals surface area (Å²) < 4.78 is 10.6. The van der Waals surface area contributed by atoms with E-state index >= 15 is 0 Å². The van der Waals surface area contributed by atoms with Gasteiger partial charge in [-0.25, -0.2) is 0 Å². The highest BCUT2D eigenvalue weighted by molar-refractivity contribution is 5.83. The SMILES string of the molecule is CCCCC(=O)OCC1CN2C(=O)CC2O1. The first-order valence-electron chi connectivity index (χ1n) is 5.81. The number of carbonyl (C=O) groups excluding carboxylic acids is 2. The van der Waals surface area contributed by atoms with Gasteiger partial charge in [0.1, 0.15) is 18.9 Å². The monoisotopic (exact) mass is 227 g/mol. The molecule has 2 unspecified atom stereocenters. The van der Waals surface area contributed by atoms with Crippen molar-refractivity contribution in [1.82, 2.24) is 4.90 Å². The molecule has 2 aliphatic rings. The van der Waals surface area contributed by atoms with Crippen LogP contribution in [-0.4, -0.2) is 42.3 Å². The van der Waals surface area contributed by atoms with Crippen molar-refractivity contribution >= 4 is 11.9 Å². The molecule has 0 bridgehead atoms. The van der Waals surface area contributed by atoms with Gasteiger partial charge in [-0.05, 0) is 6.42 Å². The van der Waals surface area contributed by atoms with Crippen LogP contribution in [0.25, 0.3) is 0 Å². The molecular weight excluding hydrogens is 210 g/mol. The van der Waals surface area contributed by atoms with E-state index < -0.39 is 0 Å². The van der Waals surface area contributed by atoms with Gasteiger partial charge in [-0.1, -0.05) is 13.3 Å². The standard InChI is InChI=1S/C11H17NO4/c1-2-3-4-11(14)15-7-8-6-12-9(13)5-10(12)16-8/h8,10H,2-7H2,1H3. The number of fused-ring (bicyclic) bond motifs is 1. The summed E-state index contributed by atoms with van der Waals surface area (Å²) in [4.78, 5) is 24.0. The van der Waals surface area contributed by atoms with Crippen molar-refractivity contribution in [1.29, 1.82) is 0 Å². The molecule has 2 rings (SSSR count). The van der Waals surface area contributed by atoms with Crippen molar-refractivity contribution in [3.8, 4) is 0 Å².